The zero-order chi connectivity index (χ0) is 7.24. The molecule has 2 unspecified atom stereocenters. The summed E-state index contributed by atoms with van der Waals surface area (Å²) in [7, 11) is 0. The lowest BCUT2D eigenvalue weighted by atomic mass is 9.71. The van der Waals surface area contributed by atoms with Crippen molar-refractivity contribution in [2.45, 2.75) is 20.3 Å². The quantitative estimate of drug-likeness (QED) is 0.465. The van der Waals surface area contributed by atoms with Gasteiger partial charge in [0.15, 0.2) is 0 Å². The van der Waals surface area contributed by atoms with Gasteiger partial charge in [0.05, 0.1) is 13.2 Å². The molecule has 0 aromatic carbocycles. The van der Waals surface area contributed by atoms with Gasteiger partial charge in [0.1, 0.15) is 0 Å². The number of ether oxygens (including phenoxy) is 1. The van der Waals surface area contributed by atoms with E-state index in [1.165, 1.54) is 6.42 Å². The van der Waals surface area contributed by atoms with Gasteiger partial charge in [0.2, 0.25) is 0 Å². The lowest BCUT2D eigenvalue weighted by molar-refractivity contribution is 0.161. The van der Waals surface area contributed by atoms with E-state index in [-0.39, 0.29) is 0 Å². The zero-order valence-corrected chi connectivity index (χ0v) is 6.68. The van der Waals surface area contributed by atoms with Gasteiger partial charge in [-0.05, 0) is 6.42 Å². The van der Waals surface area contributed by atoms with E-state index in [1.807, 2.05) is 0 Å². The van der Waals surface area contributed by atoms with Crippen molar-refractivity contribution in [2.75, 3.05) is 13.2 Å². The molecule has 0 aromatic rings. The normalized spacial score (nSPS) is 51.8. The van der Waals surface area contributed by atoms with E-state index in [2.05, 4.69) is 26.0 Å². The Morgan fingerprint density at radius 1 is 1.30 bits per heavy atom. The Balaban J connectivity index is 2.36. The van der Waals surface area contributed by atoms with Crippen LogP contribution in [0, 0.1) is 10.8 Å². The molecule has 1 heterocycles. The van der Waals surface area contributed by atoms with E-state index in [0.29, 0.717) is 10.8 Å². The van der Waals surface area contributed by atoms with Crippen molar-refractivity contribution in [2.24, 2.45) is 10.8 Å². The molecule has 0 spiro atoms. The van der Waals surface area contributed by atoms with Gasteiger partial charge in [0, 0.05) is 10.8 Å². The minimum atomic E-state index is 0.340. The predicted molar refractivity (Wildman–Crippen MR) is 40.8 cm³/mol. The highest BCUT2D eigenvalue weighted by molar-refractivity contribution is 5.17. The molecule has 2 aliphatic rings. The van der Waals surface area contributed by atoms with E-state index in [1.54, 1.807) is 0 Å². The number of hydrogen-bond acceptors (Lipinski definition) is 1. The SMILES string of the molecule is CC12C=CCC1(C)COC2. The van der Waals surface area contributed by atoms with Gasteiger partial charge >= 0.3 is 0 Å². The molecule has 56 valence electrons. The van der Waals surface area contributed by atoms with Gasteiger partial charge in [-0.3, -0.25) is 0 Å². The van der Waals surface area contributed by atoms with E-state index < -0.39 is 0 Å². The van der Waals surface area contributed by atoms with Gasteiger partial charge in [-0.1, -0.05) is 26.0 Å². The fourth-order valence-electron chi connectivity index (χ4n) is 1.95. The van der Waals surface area contributed by atoms with Crippen LogP contribution in [0.4, 0.5) is 0 Å². The Morgan fingerprint density at radius 3 is 2.80 bits per heavy atom. The van der Waals surface area contributed by atoms with Crippen LogP contribution in [0.15, 0.2) is 12.2 Å². The molecular formula is C9H14O. The van der Waals surface area contributed by atoms with Crippen LogP contribution in [0.1, 0.15) is 20.3 Å². The second-order valence-corrected chi connectivity index (χ2v) is 4.08. The van der Waals surface area contributed by atoms with E-state index >= 15 is 0 Å². The average Bonchev–Trinajstić information content (AvgIpc) is 2.20. The van der Waals surface area contributed by atoms with Crippen LogP contribution < -0.4 is 0 Å². The molecule has 0 saturated carbocycles. The summed E-state index contributed by atoms with van der Waals surface area (Å²) < 4.78 is 5.47. The first-order valence-electron chi connectivity index (χ1n) is 3.92. The maximum atomic E-state index is 5.47. The minimum Gasteiger partial charge on any atom is -0.380 e. The summed E-state index contributed by atoms with van der Waals surface area (Å²) in [5.74, 6) is 0. The van der Waals surface area contributed by atoms with Gasteiger partial charge in [-0.25, -0.2) is 0 Å². The number of hydrogen-bond donors (Lipinski definition) is 0. The molecule has 1 saturated heterocycles. The Morgan fingerprint density at radius 2 is 2.10 bits per heavy atom. The molecule has 10 heavy (non-hydrogen) atoms. The molecular weight excluding hydrogens is 124 g/mol. The van der Waals surface area contributed by atoms with E-state index in [9.17, 15) is 0 Å². The molecule has 1 nitrogen and oxygen atoms in total. The predicted octanol–water partition coefficient (Wildman–Crippen LogP) is 1.99. The molecule has 0 radical (unpaired) electrons. The van der Waals surface area contributed by atoms with Crippen LogP contribution in [0.5, 0.6) is 0 Å². The van der Waals surface area contributed by atoms with Crippen LogP contribution in [0.3, 0.4) is 0 Å². The van der Waals surface area contributed by atoms with E-state index in [0.717, 1.165) is 13.2 Å². The molecule has 0 aromatic heterocycles. The third-order valence-electron chi connectivity index (χ3n) is 3.26. The summed E-state index contributed by atoms with van der Waals surface area (Å²) in [4.78, 5) is 0. The molecule has 2 atom stereocenters. The lowest BCUT2D eigenvalue weighted by Crippen LogP contribution is -2.30. The summed E-state index contributed by atoms with van der Waals surface area (Å²) in [5, 5.41) is 0. The summed E-state index contributed by atoms with van der Waals surface area (Å²) in [6.45, 7) is 6.47. The first-order chi connectivity index (χ1) is 4.66. The fourth-order valence-corrected chi connectivity index (χ4v) is 1.95. The third kappa shape index (κ3) is 0.567. The first-order valence-corrected chi connectivity index (χ1v) is 3.92. The highest BCUT2D eigenvalue weighted by Gasteiger charge is 2.49. The first kappa shape index (κ1) is 6.41. The Bertz CT molecular complexity index is 185. The van der Waals surface area contributed by atoms with Crippen molar-refractivity contribution in [3.05, 3.63) is 12.2 Å². The van der Waals surface area contributed by atoms with Gasteiger partial charge < -0.3 is 4.74 Å². The number of allylic oxidation sites excluding steroid dienone is 1. The standard InChI is InChI=1S/C9H14O/c1-8-4-3-5-9(8,2)7-10-6-8/h3-4H,5-7H2,1-2H3. The van der Waals surface area contributed by atoms with Crippen LogP contribution in [0.2, 0.25) is 0 Å². The van der Waals surface area contributed by atoms with Gasteiger partial charge in [0.25, 0.3) is 0 Å². The van der Waals surface area contributed by atoms with Crippen LogP contribution in [-0.4, -0.2) is 13.2 Å². The maximum Gasteiger partial charge on any atom is 0.0560 e. The molecule has 0 amide bonds. The van der Waals surface area contributed by atoms with Gasteiger partial charge in [-0.15, -0.1) is 0 Å². The van der Waals surface area contributed by atoms with Crippen molar-refractivity contribution in [3.63, 3.8) is 0 Å². The smallest absolute Gasteiger partial charge is 0.0560 e. The second-order valence-electron chi connectivity index (χ2n) is 4.08. The van der Waals surface area contributed by atoms with Crippen molar-refractivity contribution < 1.29 is 4.74 Å². The summed E-state index contributed by atoms with van der Waals surface area (Å²) in [6.07, 6.45) is 5.81. The zero-order valence-electron chi connectivity index (χ0n) is 6.68. The van der Waals surface area contributed by atoms with Crippen LogP contribution in [0.25, 0.3) is 0 Å². The fraction of sp³-hybridized carbons (Fsp3) is 0.778. The van der Waals surface area contributed by atoms with Crippen molar-refractivity contribution in [1.29, 1.82) is 0 Å². The number of fused-ring (bicyclic) bond motifs is 1. The lowest BCUT2D eigenvalue weighted by Gasteiger charge is -2.30. The van der Waals surface area contributed by atoms with E-state index in [4.69, 9.17) is 4.74 Å². The monoisotopic (exact) mass is 138 g/mol. The topological polar surface area (TPSA) is 9.23 Å². The Hall–Kier alpha value is -0.300. The molecule has 0 N–H and O–H groups in total. The maximum absolute atomic E-state index is 5.47. The minimum absolute atomic E-state index is 0.340. The molecule has 1 aliphatic heterocycles. The van der Waals surface area contributed by atoms with Crippen molar-refractivity contribution >= 4 is 0 Å². The number of rotatable bonds is 0. The highest BCUT2D eigenvalue weighted by atomic mass is 16.5. The highest BCUT2D eigenvalue weighted by Crippen LogP contribution is 2.52. The second kappa shape index (κ2) is 1.65. The summed E-state index contributed by atoms with van der Waals surface area (Å²) >= 11 is 0. The summed E-state index contributed by atoms with van der Waals surface area (Å²) in [5.41, 5.74) is 0.750. The third-order valence-corrected chi connectivity index (χ3v) is 3.26. The van der Waals surface area contributed by atoms with Crippen molar-refractivity contribution in [1.82, 2.24) is 0 Å². The average molecular weight is 138 g/mol. The molecule has 1 aliphatic carbocycles. The Kier molecular flexibility index (Phi) is 1.06. The molecule has 1 heteroatoms. The Labute approximate surface area is 62.1 Å². The van der Waals surface area contributed by atoms with Crippen LogP contribution >= 0.6 is 0 Å². The molecule has 1 fully saturated rings. The summed E-state index contributed by atoms with van der Waals surface area (Å²) in [6, 6.07) is 0. The molecule has 0 bridgehead atoms. The largest absolute Gasteiger partial charge is 0.380 e. The van der Waals surface area contributed by atoms with Crippen LogP contribution in [-0.2, 0) is 4.74 Å². The van der Waals surface area contributed by atoms with Gasteiger partial charge in [-0.2, -0.15) is 0 Å². The molecule has 2 rings (SSSR count). The van der Waals surface area contributed by atoms with Crippen molar-refractivity contribution in [3.8, 4) is 0 Å².